The monoisotopic (exact) mass is 380 g/mol. The van der Waals surface area contributed by atoms with Crippen molar-refractivity contribution < 1.29 is 9.47 Å². The van der Waals surface area contributed by atoms with E-state index in [1.807, 2.05) is 47.3 Å². The lowest BCUT2D eigenvalue weighted by atomic mass is 10.2. The molecule has 1 aliphatic rings. The third-order valence-corrected chi connectivity index (χ3v) is 5.21. The summed E-state index contributed by atoms with van der Waals surface area (Å²) in [5.74, 6) is 0.840. The summed E-state index contributed by atoms with van der Waals surface area (Å²) < 4.78 is 14.2. The van der Waals surface area contributed by atoms with Crippen molar-refractivity contribution in [2.24, 2.45) is 0 Å². The summed E-state index contributed by atoms with van der Waals surface area (Å²) in [4.78, 5) is 12.5. The maximum atomic E-state index is 6.19. The third kappa shape index (κ3) is 3.11. The van der Waals surface area contributed by atoms with E-state index in [1.54, 1.807) is 6.20 Å². The Bertz CT molecular complexity index is 1110. The Balaban J connectivity index is 1.27. The fourth-order valence-electron chi connectivity index (χ4n) is 3.53. The van der Waals surface area contributed by atoms with E-state index < -0.39 is 0 Å². The van der Waals surface area contributed by atoms with Crippen LogP contribution in [0.5, 0.6) is 5.75 Å². The molecule has 0 radical (unpaired) electrons. The number of nitrogens with zero attached hydrogens (tertiary/aromatic N) is 4. The van der Waals surface area contributed by atoms with Gasteiger partial charge in [-0.3, -0.25) is 4.98 Å². The predicted molar refractivity (Wildman–Crippen MR) is 103 cm³/mol. The van der Waals surface area contributed by atoms with Crippen LogP contribution < -0.4 is 4.74 Å². The normalized spacial score (nSPS) is 19.7. The highest BCUT2D eigenvalue weighted by Crippen LogP contribution is 2.32. The Morgan fingerprint density at radius 2 is 2.11 bits per heavy atom. The summed E-state index contributed by atoms with van der Waals surface area (Å²) >= 11 is 6.14. The van der Waals surface area contributed by atoms with Gasteiger partial charge in [0.05, 0.1) is 11.5 Å². The molecule has 7 heteroatoms. The predicted octanol–water partition coefficient (Wildman–Crippen LogP) is 4.39. The number of ether oxygens (including phenoxy) is 2. The Labute approximate surface area is 160 Å². The van der Waals surface area contributed by atoms with Gasteiger partial charge >= 0.3 is 0 Å². The zero-order chi connectivity index (χ0) is 18.2. The second-order valence-electron chi connectivity index (χ2n) is 6.61. The number of aromatic nitrogens is 4. The van der Waals surface area contributed by atoms with Gasteiger partial charge in [-0.2, -0.15) is 0 Å². The van der Waals surface area contributed by atoms with Crippen molar-refractivity contribution in [1.29, 1.82) is 0 Å². The molecule has 27 heavy (non-hydrogen) atoms. The highest BCUT2D eigenvalue weighted by molar-refractivity contribution is 6.33. The number of halogens is 1. The van der Waals surface area contributed by atoms with Gasteiger partial charge < -0.3 is 14.0 Å². The average Bonchev–Trinajstić information content (AvgIpc) is 3.33. The molecule has 0 amide bonds. The van der Waals surface area contributed by atoms with Crippen molar-refractivity contribution in [2.75, 3.05) is 6.61 Å². The van der Waals surface area contributed by atoms with Crippen LogP contribution in [0.15, 0.2) is 55.2 Å². The van der Waals surface area contributed by atoms with E-state index in [0.29, 0.717) is 11.8 Å². The number of rotatable bonds is 4. The summed E-state index contributed by atoms with van der Waals surface area (Å²) in [5, 5.41) is 3.52. The maximum absolute atomic E-state index is 6.19. The molecule has 6 nitrogen and oxygen atoms in total. The van der Waals surface area contributed by atoms with Gasteiger partial charge in [0, 0.05) is 24.0 Å². The van der Waals surface area contributed by atoms with Crippen molar-refractivity contribution in [3.8, 4) is 5.75 Å². The van der Waals surface area contributed by atoms with Gasteiger partial charge in [-0.05, 0) is 48.6 Å². The molecule has 4 heterocycles. The first-order valence-corrected chi connectivity index (χ1v) is 9.25. The smallest absolute Gasteiger partial charge is 0.146 e. The van der Waals surface area contributed by atoms with Gasteiger partial charge in [-0.1, -0.05) is 11.6 Å². The van der Waals surface area contributed by atoms with Gasteiger partial charge in [0.2, 0.25) is 0 Å². The van der Waals surface area contributed by atoms with Gasteiger partial charge in [0.15, 0.2) is 0 Å². The quantitative estimate of drug-likeness (QED) is 0.491. The lowest BCUT2D eigenvalue weighted by Crippen LogP contribution is -2.18. The maximum Gasteiger partial charge on any atom is 0.146 e. The largest absolute Gasteiger partial charge is 0.491 e. The summed E-state index contributed by atoms with van der Waals surface area (Å²) in [6, 6.07) is 9.92. The van der Waals surface area contributed by atoms with Crippen LogP contribution in [0.4, 0.5) is 0 Å². The molecule has 1 aromatic carbocycles. The number of hydrogen-bond donors (Lipinski definition) is 0. The fourth-order valence-corrected chi connectivity index (χ4v) is 3.72. The Kier molecular flexibility index (Phi) is 4.14. The molecule has 0 aliphatic carbocycles. The van der Waals surface area contributed by atoms with E-state index in [-0.39, 0.29) is 12.3 Å². The summed E-state index contributed by atoms with van der Waals surface area (Å²) in [6.45, 7) is 0.516. The van der Waals surface area contributed by atoms with Crippen LogP contribution in [-0.2, 0) is 4.74 Å². The average molecular weight is 381 g/mol. The molecule has 2 atom stereocenters. The van der Waals surface area contributed by atoms with E-state index in [9.17, 15) is 0 Å². The van der Waals surface area contributed by atoms with Gasteiger partial charge in [-0.15, -0.1) is 0 Å². The molecule has 1 saturated heterocycles. The number of hydrogen-bond acceptors (Lipinski definition) is 5. The lowest BCUT2D eigenvalue weighted by molar-refractivity contribution is -0.0156. The van der Waals surface area contributed by atoms with E-state index in [1.165, 1.54) is 6.33 Å². The Morgan fingerprint density at radius 3 is 3.07 bits per heavy atom. The molecule has 5 rings (SSSR count). The van der Waals surface area contributed by atoms with E-state index in [0.717, 1.165) is 40.4 Å². The van der Waals surface area contributed by atoms with Gasteiger partial charge in [0.25, 0.3) is 0 Å². The minimum atomic E-state index is -0.0651. The standard InChI is InChI=1S/C20H17ClN4O2/c21-19-17-6-8-25(20(17)24-12-23-19)18-4-3-16(27-18)11-26-15-2-1-14-10-22-7-5-13(14)9-15/h1-2,5-10,12,16,18H,3-4,11H2/t16-,18+/m0/s1. The first kappa shape index (κ1) is 16.5. The first-order chi connectivity index (χ1) is 13.3. The lowest BCUT2D eigenvalue weighted by Gasteiger charge is -2.16. The molecule has 1 aliphatic heterocycles. The minimum absolute atomic E-state index is 0.0397. The fraction of sp³-hybridized carbons (Fsp3) is 0.250. The molecule has 3 aromatic heterocycles. The zero-order valence-corrected chi connectivity index (χ0v) is 15.2. The number of benzene rings is 1. The summed E-state index contributed by atoms with van der Waals surface area (Å²) in [7, 11) is 0. The summed E-state index contributed by atoms with van der Waals surface area (Å²) in [5.41, 5.74) is 0.796. The molecule has 0 N–H and O–H groups in total. The second kappa shape index (κ2) is 6.79. The molecule has 0 unspecified atom stereocenters. The van der Waals surface area contributed by atoms with Gasteiger partial charge in [-0.25, -0.2) is 9.97 Å². The molecule has 4 aromatic rings. The highest BCUT2D eigenvalue weighted by atomic mass is 35.5. The van der Waals surface area contributed by atoms with Crippen LogP contribution >= 0.6 is 11.6 Å². The zero-order valence-electron chi connectivity index (χ0n) is 14.5. The summed E-state index contributed by atoms with van der Waals surface area (Å²) in [6.07, 6.45) is 8.88. The van der Waals surface area contributed by atoms with E-state index >= 15 is 0 Å². The van der Waals surface area contributed by atoms with Crippen LogP contribution in [0, 0.1) is 0 Å². The molecular weight excluding hydrogens is 364 g/mol. The third-order valence-electron chi connectivity index (χ3n) is 4.90. The first-order valence-electron chi connectivity index (χ1n) is 8.87. The van der Waals surface area contributed by atoms with Crippen molar-refractivity contribution in [3.05, 3.63) is 60.4 Å². The Hall–Kier alpha value is -2.70. The second-order valence-corrected chi connectivity index (χ2v) is 6.97. The highest BCUT2D eigenvalue weighted by Gasteiger charge is 2.28. The van der Waals surface area contributed by atoms with Crippen LogP contribution in [0.1, 0.15) is 19.1 Å². The van der Waals surface area contributed by atoms with Crippen molar-refractivity contribution in [2.45, 2.75) is 25.2 Å². The van der Waals surface area contributed by atoms with E-state index in [4.69, 9.17) is 21.1 Å². The van der Waals surface area contributed by atoms with Crippen LogP contribution in [0.2, 0.25) is 5.15 Å². The number of pyridine rings is 1. The molecule has 0 saturated carbocycles. The van der Waals surface area contributed by atoms with Crippen molar-refractivity contribution in [3.63, 3.8) is 0 Å². The van der Waals surface area contributed by atoms with Gasteiger partial charge in [0.1, 0.15) is 35.7 Å². The van der Waals surface area contributed by atoms with Crippen LogP contribution in [-0.4, -0.2) is 32.2 Å². The molecule has 1 fully saturated rings. The Morgan fingerprint density at radius 1 is 1.15 bits per heavy atom. The minimum Gasteiger partial charge on any atom is -0.491 e. The molecule has 136 valence electrons. The topological polar surface area (TPSA) is 62.1 Å². The van der Waals surface area contributed by atoms with Crippen molar-refractivity contribution in [1.82, 2.24) is 19.5 Å². The van der Waals surface area contributed by atoms with E-state index in [2.05, 4.69) is 15.0 Å². The molecular formula is C20H17ClN4O2. The SMILES string of the molecule is Clc1ncnc2c1ccn2[C@H]1CC[C@@H](COc2ccc3cnccc3c2)O1. The van der Waals surface area contributed by atoms with Crippen molar-refractivity contribution >= 4 is 33.4 Å². The number of fused-ring (bicyclic) bond motifs is 2. The van der Waals surface area contributed by atoms with Crippen LogP contribution in [0.25, 0.3) is 21.8 Å². The molecule has 0 bridgehead atoms. The van der Waals surface area contributed by atoms with Crippen LogP contribution in [0.3, 0.4) is 0 Å². The molecule has 0 spiro atoms.